The fourth-order valence-corrected chi connectivity index (χ4v) is 5.70. The molecule has 0 spiro atoms. The van der Waals surface area contributed by atoms with E-state index >= 15 is 0 Å². The van der Waals surface area contributed by atoms with Gasteiger partial charge in [-0.1, -0.05) is 95.6 Å². The predicted molar refractivity (Wildman–Crippen MR) is 193 cm³/mol. The maximum Gasteiger partial charge on any atom is 0.0352 e. The Hall–Kier alpha value is -5.54. The van der Waals surface area contributed by atoms with Crippen molar-refractivity contribution in [3.63, 3.8) is 0 Å². The van der Waals surface area contributed by atoms with E-state index < -0.39 is 0 Å². The number of fused-ring (bicyclic) bond motifs is 1. The maximum absolute atomic E-state index is 4.45. The number of nitrogens with zero attached hydrogens (tertiary/aromatic N) is 3. The minimum absolute atomic E-state index is 0. The molecular weight excluding hydrogens is 763 g/mol. The molecule has 0 bridgehead atoms. The van der Waals surface area contributed by atoms with E-state index in [1.165, 1.54) is 38.8 Å². The van der Waals surface area contributed by atoms with Gasteiger partial charge in [-0.25, -0.2) is 0 Å². The minimum Gasteiger partial charge on any atom is -0.305 e. The van der Waals surface area contributed by atoms with Gasteiger partial charge in [0.1, 0.15) is 0 Å². The second-order valence-electron chi connectivity index (χ2n) is 11.2. The van der Waals surface area contributed by atoms with Gasteiger partial charge >= 0.3 is 0 Å². The molecule has 8 rings (SSSR count). The number of pyridine rings is 3. The first-order valence-electron chi connectivity index (χ1n) is 15.6. The first-order chi connectivity index (χ1) is 23.2. The zero-order chi connectivity index (χ0) is 31.8. The van der Waals surface area contributed by atoms with Crippen molar-refractivity contribution < 1.29 is 20.1 Å². The van der Waals surface area contributed by atoms with Crippen molar-refractivity contribution in [3.05, 3.63) is 188 Å². The van der Waals surface area contributed by atoms with Crippen LogP contribution in [-0.4, -0.2) is 15.0 Å². The van der Waals surface area contributed by atoms with Crippen LogP contribution in [0.1, 0.15) is 5.56 Å². The fourth-order valence-electron chi connectivity index (χ4n) is 5.70. The second kappa shape index (κ2) is 15.4. The molecule has 233 valence electrons. The monoisotopic (exact) mass is 794 g/mol. The molecule has 5 aromatic carbocycles. The molecule has 3 nitrogen and oxygen atoms in total. The fraction of sp³-hybridized carbons (Fsp3) is 0.0227. The third kappa shape index (κ3) is 7.37. The molecule has 8 aromatic rings. The molecule has 0 aliphatic rings. The number of aryl methyl sites for hydroxylation is 1. The van der Waals surface area contributed by atoms with Gasteiger partial charge in [-0.15, -0.1) is 65.7 Å². The molecule has 0 atom stereocenters. The Morgan fingerprint density at radius 2 is 1.23 bits per heavy atom. The molecule has 0 amide bonds. The summed E-state index contributed by atoms with van der Waals surface area (Å²) in [5.74, 6) is 0. The van der Waals surface area contributed by atoms with Gasteiger partial charge in [-0.2, -0.15) is 0 Å². The van der Waals surface area contributed by atoms with Crippen molar-refractivity contribution in [1.29, 1.82) is 0 Å². The third-order valence-electron chi connectivity index (χ3n) is 8.06. The van der Waals surface area contributed by atoms with Gasteiger partial charge < -0.3 is 9.97 Å². The smallest absolute Gasteiger partial charge is 0.0352 e. The van der Waals surface area contributed by atoms with E-state index in [4.69, 9.17) is 0 Å². The molecular formula is C44H31IrN3-2. The number of rotatable bonds is 5. The van der Waals surface area contributed by atoms with E-state index in [0.717, 1.165) is 33.5 Å². The summed E-state index contributed by atoms with van der Waals surface area (Å²) >= 11 is 0. The number of hydrogen-bond acceptors (Lipinski definition) is 3. The van der Waals surface area contributed by atoms with Gasteiger partial charge in [0.15, 0.2) is 0 Å². The second-order valence-corrected chi connectivity index (χ2v) is 11.2. The largest absolute Gasteiger partial charge is 0.305 e. The average Bonchev–Trinajstić information content (AvgIpc) is 3.16. The van der Waals surface area contributed by atoms with Crippen LogP contribution in [0.4, 0.5) is 0 Å². The van der Waals surface area contributed by atoms with E-state index in [2.05, 4.69) is 125 Å². The summed E-state index contributed by atoms with van der Waals surface area (Å²) in [6.07, 6.45) is 7.46. The van der Waals surface area contributed by atoms with Gasteiger partial charge in [0.25, 0.3) is 0 Å². The number of benzene rings is 5. The molecule has 0 unspecified atom stereocenters. The van der Waals surface area contributed by atoms with E-state index in [1.54, 1.807) is 0 Å². The van der Waals surface area contributed by atoms with Crippen molar-refractivity contribution in [3.8, 4) is 55.9 Å². The van der Waals surface area contributed by atoms with Crippen LogP contribution in [0.15, 0.2) is 170 Å². The van der Waals surface area contributed by atoms with Crippen LogP contribution >= 0.6 is 0 Å². The number of aromatic nitrogens is 3. The van der Waals surface area contributed by atoms with Crippen LogP contribution in [-0.2, 0) is 20.1 Å². The molecule has 4 heteroatoms. The zero-order valence-electron chi connectivity index (χ0n) is 26.3. The van der Waals surface area contributed by atoms with E-state index in [0.29, 0.717) is 0 Å². The molecule has 0 aliphatic heterocycles. The predicted octanol–water partition coefficient (Wildman–Crippen LogP) is 11.0. The normalized spacial score (nSPS) is 10.4. The summed E-state index contributed by atoms with van der Waals surface area (Å²) in [5.41, 5.74) is 12.3. The quantitative estimate of drug-likeness (QED) is 0.163. The molecule has 0 aliphatic carbocycles. The Bertz CT molecular complexity index is 2240. The van der Waals surface area contributed by atoms with Crippen LogP contribution in [0, 0.1) is 19.1 Å². The Balaban J connectivity index is 0.000000241. The molecule has 3 aromatic heterocycles. The number of hydrogen-bond donors (Lipinski definition) is 0. The van der Waals surface area contributed by atoms with Crippen LogP contribution in [0.25, 0.3) is 66.7 Å². The third-order valence-corrected chi connectivity index (χ3v) is 8.06. The van der Waals surface area contributed by atoms with Crippen molar-refractivity contribution in [1.82, 2.24) is 15.0 Å². The summed E-state index contributed by atoms with van der Waals surface area (Å²) in [4.78, 5) is 13.2. The molecule has 0 saturated heterocycles. The summed E-state index contributed by atoms with van der Waals surface area (Å²) < 4.78 is 0. The molecule has 0 saturated carbocycles. The van der Waals surface area contributed by atoms with Crippen LogP contribution in [0.2, 0.25) is 0 Å². The van der Waals surface area contributed by atoms with Gasteiger partial charge in [0.05, 0.1) is 0 Å². The summed E-state index contributed by atoms with van der Waals surface area (Å²) in [6, 6.07) is 56.4. The SMILES string of the molecule is Cc1ccnc(-c2[c-]cccc2)c1.[Ir].[c-]1cc(-c2ccc(-c3cccc(-c4ccccc4)c3)c3cnccc23)ccc1-c1ccccn1. The minimum atomic E-state index is 0. The maximum atomic E-state index is 4.45. The van der Waals surface area contributed by atoms with Crippen LogP contribution in [0.3, 0.4) is 0 Å². The van der Waals surface area contributed by atoms with Crippen molar-refractivity contribution in [2.24, 2.45) is 0 Å². The average molecular weight is 794 g/mol. The van der Waals surface area contributed by atoms with Crippen molar-refractivity contribution in [2.75, 3.05) is 0 Å². The van der Waals surface area contributed by atoms with Gasteiger partial charge in [0.2, 0.25) is 0 Å². The Morgan fingerprint density at radius 1 is 0.479 bits per heavy atom. The standard InChI is InChI=1S/C32H21N2.C12H10N.Ir/c1-2-7-23(8-3-1)26-9-6-10-27(21-26)29-17-16-28(30-18-20-33-22-31(29)30)24-12-14-25(15-13-24)32-11-4-5-19-34-32;1-10-7-8-13-12(9-10)11-5-3-2-4-6-11;/h1-14,16-22H;2-5,7-9H,1H3;/q2*-1;. The summed E-state index contributed by atoms with van der Waals surface area (Å²) in [6.45, 7) is 2.06. The first kappa shape index (κ1) is 32.4. The molecule has 3 heterocycles. The molecule has 1 radical (unpaired) electrons. The van der Waals surface area contributed by atoms with E-state index in [1.807, 2.05) is 79.4 Å². The van der Waals surface area contributed by atoms with Gasteiger partial charge in [-0.05, 0) is 70.2 Å². The Labute approximate surface area is 295 Å². The molecule has 48 heavy (non-hydrogen) atoms. The first-order valence-corrected chi connectivity index (χ1v) is 15.6. The van der Waals surface area contributed by atoms with Gasteiger partial charge in [0, 0.05) is 50.3 Å². The summed E-state index contributed by atoms with van der Waals surface area (Å²) in [7, 11) is 0. The van der Waals surface area contributed by atoms with Gasteiger partial charge in [-0.3, -0.25) is 4.98 Å². The van der Waals surface area contributed by atoms with Crippen LogP contribution in [0.5, 0.6) is 0 Å². The topological polar surface area (TPSA) is 38.7 Å². The van der Waals surface area contributed by atoms with E-state index in [9.17, 15) is 0 Å². The van der Waals surface area contributed by atoms with Crippen molar-refractivity contribution in [2.45, 2.75) is 6.92 Å². The molecule has 0 N–H and O–H groups in total. The summed E-state index contributed by atoms with van der Waals surface area (Å²) in [5, 5.41) is 2.32. The van der Waals surface area contributed by atoms with Crippen LogP contribution < -0.4 is 0 Å². The Morgan fingerprint density at radius 3 is 1.98 bits per heavy atom. The Kier molecular flexibility index (Phi) is 10.4. The van der Waals surface area contributed by atoms with E-state index in [-0.39, 0.29) is 20.1 Å². The zero-order valence-corrected chi connectivity index (χ0v) is 28.7. The van der Waals surface area contributed by atoms with Crippen molar-refractivity contribution >= 4 is 10.8 Å². The molecule has 0 fully saturated rings.